The van der Waals surface area contributed by atoms with Gasteiger partial charge in [0.05, 0.1) is 11.1 Å². The number of fused-ring (bicyclic) bond motifs is 3. The van der Waals surface area contributed by atoms with E-state index >= 15 is 0 Å². The van der Waals surface area contributed by atoms with E-state index in [0.29, 0.717) is 29.9 Å². The van der Waals surface area contributed by atoms with Crippen LogP contribution in [0, 0.1) is 5.92 Å². The molecule has 1 N–H and O–H groups in total. The highest BCUT2D eigenvalue weighted by Crippen LogP contribution is 2.36. The number of aryl methyl sites for hydroxylation is 1. The summed E-state index contributed by atoms with van der Waals surface area (Å²) in [7, 11) is -3.21. The molecule has 0 spiro atoms. The quantitative estimate of drug-likeness (QED) is 0.303. The van der Waals surface area contributed by atoms with E-state index in [1.54, 1.807) is 28.9 Å². The molecule has 0 amide bonds. The minimum Gasteiger partial charge on any atom is -0.283 e. The van der Waals surface area contributed by atoms with E-state index in [-0.39, 0.29) is 11.3 Å². The zero-order valence-corrected chi connectivity index (χ0v) is 18.1. The van der Waals surface area contributed by atoms with Crippen molar-refractivity contribution in [3.8, 4) is 0 Å². The Bertz CT molecular complexity index is 1010. The standard InChI is InChI=1S/C18H25N3O3S3/c1-4-9-21-17(22)15-13-7-6-12(3)11-14(13)26-16(15)20-18(21)25-10-8-19-27(23,24)5-2/h4,12,19H,1,5-11H2,2-3H3. The Labute approximate surface area is 168 Å². The maximum Gasteiger partial charge on any atom is 0.263 e. The lowest BCUT2D eigenvalue weighted by Crippen LogP contribution is -2.28. The summed E-state index contributed by atoms with van der Waals surface area (Å²) in [5.41, 5.74) is 1.17. The van der Waals surface area contributed by atoms with Gasteiger partial charge in [0.25, 0.3) is 5.56 Å². The van der Waals surface area contributed by atoms with Crippen molar-refractivity contribution in [2.75, 3.05) is 18.1 Å². The first-order valence-electron chi connectivity index (χ1n) is 9.12. The summed E-state index contributed by atoms with van der Waals surface area (Å²) in [6.07, 6.45) is 4.75. The molecule has 1 atom stereocenters. The average molecular weight is 428 g/mol. The Balaban J connectivity index is 1.91. The fourth-order valence-electron chi connectivity index (χ4n) is 3.25. The minimum atomic E-state index is -3.21. The van der Waals surface area contributed by atoms with Crippen LogP contribution in [0.25, 0.3) is 10.2 Å². The third kappa shape index (κ3) is 4.47. The molecule has 9 heteroatoms. The second-order valence-corrected chi connectivity index (χ2v) is 11.0. The fraction of sp³-hybridized carbons (Fsp3) is 0.556. The second-order valence-electron chi connectivity index (χ2n) is 6.78. The number of thioether (sulfide) groups is 1. The van der Waals surface area contributed by atoms with Crippen LogP contribution < -0.4 is 10.3 Å². The van der Waals surface area contributed by atoms with Crippen molar-refractivity contribution in [2.45, 2.75) is 44.8 Å². The molecule has 0 saturated heterocycles. The van der Waals surface area contributed by atoms with Crippen LogP contribution in [0.2, 0.25) is 0 Å². The molecule has 0 aromatic carbocycles. The Kier molecular flexibility index (Phi) is 6.45. The minimum absolute atomic E-state index is 0.0106. The van der Waals surface area contributed by atoms with Crippen molar-refractivity contribution >= 4 is 43.3 Å². The topological polar surface area (TPSA) is 81.1 Å². The molecule has 0 saturated carbocycles. The highest BCUT2D eigenvalue weighted by molar-refractivity contribution is 7.99. The zero-order chi connectivity index (χ0) is 19.6. The predicted octanol–water partition coefficient (Wildman–Crippen LogP) is 2.80. The summed E-state index contributed by atoms with van der Waals surface area (Å²) >= 11 is 3.03. The number of allylic oxidation sites excluding steroid dienone is 1. The van der Waals surface area contributed by atoms with Crippen LogP contribution in [0.3, 0.4) is 0 Å². The molecular formula is C18H25N3O3S3. The molecule has 1 aliphatic carbocycles. The Morgan fingerprint density at radius 2 is 2.26 bits per heavy atom. The normalized spacial score (nSPS) is 17.2. The van der Waals surface area contributed by atoms with Crippen molar-refractivity contribution in [1.82, 2.24) is 14.3 Å². The number of hydrogen-bond donors (Lipinski definition) is 1. The second kappa shape index (κ2) is 8.46. The number of aromatic nitrogens is 2. The van der Waals surface area contributed by atoms with Crippen LogP contribution in [-0.4, -0.2) is 36.0 Å². The monoisotopic (exact) mass is 427 g/mol. The summed E-state index contributed by atoms with van der Waals surface area (Å²) in [6, 6.07) is 0. The Morgan fingerprint density at radius 1 is 1.48 bits per heavy atom. The van der Waals surface area contributed by atoms with Gasteiger partial charge in [-0.05, 0) is 37.7 Å². The Morgan fingerprint density at radius 3 is 2.96 bits per heavy atom. The van der Waals surface area contributed by atoms with Gasteiger partial charge in [-0.25, -0.2) is 18.1 Å². The molecule has 6 nitrogen and oxygen atoms in total. The lowest BCUT2D eigenvalue weighted by atomic mass is 9.89. The third-order valence-corrected chi connectivity index (χ3v) is 8.26. The van der Waals surface area contributed by atoms with Gasteiger partial charge in [0.1, 0.15) is 4.83 Å². The molecule has 148 valence electrons. The number of hydrogen-bond acceptors (Lipinski definition) is 6. The molecule has 0 radical (unpaired) electrons. The van der Waals surface area contributed by atoms with Crippen LogP contribution in [0.1, 0.15) is 30.7 Å². The molecule has 1 unspecified atom stereocenters. The van der Waals surface area contributed by atoms with Crippen molar-refractivity contribution < 1.29 is 8.42 Å². The van der Waals surface area contributed by atoms with Crippen LogP contribution in [0.5, 0.6) is 0 Å². The largest absolute Gasteiger partial charge is 0.283 e. The number of sulfonamides is 1. The number of nitrogens with zero attached hydrogens (tertiary/aromatic N) is 2. The predicted molar refractivity (Wildman–Crippen MR) is 113 cm³/mol. The van der Waals surface area contributed by atoms with Crippen LogP contribution in [0.4, 0.5) is 0 Å². The lowest BCUT2D eigenvalue weighted by molar-refractivity contribution is 0.509. The van der Waals surface area contributed by atoms with E-state index in [0.717, 1.165) is 29.5 Å². The molecular weight excluding hydrogens is 402 g/mol. The number of thiophene rings is 1. The van der Waals surface area contributed by atoms with E-state index < -0.39 is 10.0 Å². The van der Waals surface area contributed by atoms with Gasteiger partial charge < -0.3 is 0 Å². The van der Waals surface area contributed by atoms with E-state index in [2.05, 4.69) is 18.2 Å². The summed E-state index contributed by atoms with van der Waals surface area (Å²) in [5, 5.41) is 1.38. The summed E-state index contributed by atoms with van der Waals surface area (Å²) in [4.78, 5) is 20.0. The first kappa shape index (κ1) is 20.6. The first-order valence-corrected chi connectivity index (χ1v) is 12.6. The van der Waals surface area contributed by atoms with Gasteiger partial charge in [0, 0.05) is 23.7 Å². The van der Waals surface area contributed by atoms with Crippen molar-refractivity contribution in [3.05, 3.63) is 33.4 Å². The SMILES string of the molecule is C=CCn1c(SCCNS(=O)(=O)CC)nc2sc3c(c2c1=O)CCC(C)C3. The lowest BCUT2D eigenvalue weighted by Gasteiger charge is -2.17. The molecule has 0 aliphatic heterocycles. The highest BCUT2D eigenvalue weighted by Gasteiger charge is 2.24. The van der Waals surface area contributed by atoms with Gasteiger partial charge in [0.15, 0.2) is 5.16 Å². The highest BCUT2D eigenvalue weighted by atomic mass is 32.2. The smallest absolute Gasteiger partial charge is 0.263 e. The molecule has 0 fully saturated rings. The summed E-state index contributed by atoms with van der Waals surface area (Å²) < 4.78 is 27.3. The van der Waals surface area contributed by atoms with Gasteiger partial charge >= 0.3 is 0 Å². The van der Waals surface area contributed by atoms with Crippen LogP contribution in [0.15, 0.2) is 22.6 Å². The average Bonchev–Trinajstić information content (AvgIpc) is 2.99. The van der Waals surface area contributed by atoms with Crippen LogP contribution in [-0.2, 0) is 29.4 Å². The van der Waals surface area contributed by atoms with Gasteiger partial charge in [0.2, 0.25) is 10.0 Å². The van der Waals surface area contributed by atoms with Crippen LogP contribution >= 0.6 is 23.1 Å². The van der Waals surface area contributed by atoms with E-state index in [4.69, 9.17) is 4.98 Å². The van der Waals surface area contributed by atoms with Gasteiger partial charge in [-0.3, -0.25) is 9.36 Å². The van der Waals surface area contributed by atoms with Crippen molar-refractivity contribution in [3.63, 3.8) is 0 Å². The summed E-state index contributed by atoms with van der Waals surface area (Å²) in [6.45, 7) is 8.31. The zero-order valence-electron chi connectivity index (χ0n) is 15.7. The van der Waals surface area contributed by atoms with Gasteiger partial charge in [-0.15, -0.1) is 17.9 Å². The molecule has 1 aliphatic rings. The molecule has 27 heavy (non-hydrogen) atoms. The molecule has 3 rings (SSSR count). The van der Waals surface area contributed by atoms with E-state index in [1.165, 1.54) is 22.2 Å². The van der Waals surface area contributed by atoms with E-state index in [9.17, 15) is 13.2 Å². The van der Waals surface area contributed by atoms with Gasteiger partial charge in [-0.1, -0.05) is 24.8 Å². The molecule has 2 aromatic rings. The van der Waals surface area contributed by atoms with Crippen molar-refractivity contribution in [2.24, 2.45) is 5.92 Å². The molecule has 0 bridgehead atoms. The first-order chi connectivity index (χ1) is 12.9. The molecule has 2 heterocycles. The summed E-state index contributed by atoms with van der Waals surface area (Å²) in [5.74, 6) is 1.21. The van der Waals surface area contributed by atoms with Crippen molar-refractivity contribution in [1.29, 1.82) is 0 Å². The molecule has 2 aromatic heterocycles. The fourth-order valence-corrected chi connectivity index (χ4v) is 6.28. The maximum absolute atomic E-state index is 13.1. The Hall–Kier alpha value is -1.16. The number of rotatable bonds is 8. The third-order valence-electron chi connectivity index (χ3n) is 4.73. The maximum atomic E-state index is 13.1. The van der Waals surface area contributed by atoms with E-state index in [1.807, 2.05) is 0 Å². The van der Waals surface area contributed by atoms with Gasteiger partial charge in [-0.2, -0.15) is 0 Å². The number of nitrogens with one attached hydrogen (secondary N) is 1.